The first kappa shape index (κ1) is 14.9. The van der Waals surface area contributed by atoms with Crippen molar-refractivity contribution in [3.8, 4) is 0 Å². The summed E-state index contributed by atoms with van der Waals surface area (Å²) in [4.78, 5) is 11.7. The van der Waals surface area contributed by atoms with Gasteiger partial charge in [-0.25, -0.2) is 8.78 Å². The van der Waals surface area contributed by atoms with E-state index in [1.165, 1.54) is 0 Å². The molecule has 0 unspecified atom stereocenters. The second kappa shape index (κ2) is 5.15. The van der Waals surface area contributed by atoms with Crippen LogP contribution in [0.25, 0.3) is 0 Å². The average molecular weight is 305 g/mol. The number of anilines is 1. The van der Waals surface area contributed by atoms with Gasteiger partial charge in [0.15, 0.2) is 5.69 Å². The molecule has 0 aliphatic heterocycles. The Kier molecular flexibility index (Phi) is 3.67. The molecule has 0 radical (unpaired) electrons. The Labute approximate surface area is 115 Å². The molecule has 0 bridgehead atoms. The van der Waals surface area contributed by atoms with Crippen LogP contribution in [0.5, 0.6) is 0 Å². The average Bonchev–Trinajstić information content (AvgIpc) is 2.75. The highest BCUT2D eigenvalue weighted by Gasteiger charge is 2.35. The second-order valence-electron chi connectivity index (χ2n) is 4.11. The van der Waals surface area contributed by atoms with E-state index in [9.17, 15) is 26.7 Å². The zero-order chi connectivity index (χ0) is 15.8. The standard InChI is InChI=1S/C12H8F5N3O/c1-20-10(12(15,16)17)5-9(19-20)11(21)18-8-3-2-6(13)4-7(8)14/h2-5H,1H3,(H,18,21). The normalized spacial score (nSPS) is 11.5. The molecule has 1 heterocycles. The molecule has 1 aromatic heterocycles. The number of aromatic nitrogens is 2. The van der Waals surface area contributed by atoms with E-state index in [1.807, 2.05) is 5.32 Å². The van der Waals surface area contributed by atoms with Crippen LogP contribution >= 0.6 is 0 Å². The highest BCUT2D eigenvalue weighted by molar-refractivity contribution is 6.03. The molecule has 2 aromatic rings. The highest BCUT2D eigenvalue weighted by Crippen LogP contribution is 2.29. The number of hydrogen-bond acceptors (Lipinski definition) is 2. The lowest BCUT2D eigenvalue weighted by molar-refractivity contribution is -0.143. The molecule has 0 fully saturated rings. The Hall–Kier alpha value is -2.45. The molecule has 0 atom stereocenters. The Morgan fingerprint density at radius 2 is 1.90 bits per heavy atom. The zero-order valence-electron chi connectivity index (χ0n) is 10.5. The maximum Gasteiger partial charge on any atom is 0.433 e. The van der Waals surface area contributed by atoms with E-state index in [1.54, 1.807) is 0 Å². The van der Waals surface area contributed by atoms with Crippen molar-refractivity contribution < 1.29 is 26.7 Å². The van der Waals surface area contributed by atoms with Crippen molar-refractivity contribution in [1.82, 2.24) is 9.78 Å². The van der Waals surface area contributed by atoms with Crippen LogP contribution in [-0.2, 0) is 13.2 Å². The summed E-state index contributed by atoms with van der Waals surface area (Å²) >= 11 is 0. The molecule has 1 N–H and O–H groups in total. The summed E-state index contributed by atoms with van der Waals surface area (Å²) in [5, 5.41) is 5.43. The molecular formula is C12H8F5N3O. The van der Waals surface area contributed by atoms with Gasteiger partial charge in [0.1, 0.15) is 17.3 Å². The van der Waals surface area contributed by atoms with Crippen LogP contribution in [0.3, 0.4) is 0 Å². The quantitative estimate of drug-likeness (QED) is 0.867. The van der Waals surface area contributed by atoms with Crippen molar-refractivity contribution in [3.05, 3.63) is 47.3 Å². The number of nitrogens with one attached hydrogen (secondary N) is 1. The third kappa shape index (κ3) is 3.18. The predicted molar refractivity (Wildman–Crippen MR) is 62.5 cm³/mol. The number of halogens is 5. The third-order valence-corrected chi connectivity index (χ3v) is 2.58. The molecule has 0 aliphatic carbocycles. The SMILES string of the molecule is Cn1nc(C(=O)Nc2ccc(F)cc2F)cc1C(F)(F)F. The molecule has 2 rings (SSSR count). The van der Waals surface area contributed by atoms with E-state index in [4.69, 9.17) is 0 Å². The van der Waals surface area contributed by atoms with Crippen LogP contribution in [0.1, 0.15) is 16.2 Å². The van der Waals surface area contributed by atoms with Crippen molar-refractivity contribution in [2.75, 3.05) is 5.32 Å². The lowest BCUT2D eigenvalue weighted by Crippen LogP contribution is -2.14. The summed E-state index contributed by atoms with van der Waals surface area (Å²) in [5.41, 5.74) is -2.01. The van der Waals surface area contributed by atoms with Crippen LogP contribution in [0.15, 0.2) is 24.3 Å². The number of nitrogens with zero attached hydrogens (tertiary/aromatic N) is 2. The van der Waals surface area contributed by atoms with Crippen LogP contribution in [0.2, 0.25) is 0 Å². The van der Waals surface area contributed by atoms with Gasteiger partial charge in [0, 0.05) is 19.2 Å². The Morgan fingerprint density at radius 1 is 1.24 bits per heavy atom. The largest absolute Gasteiger partial charge is 0.433 e. The van der Waals surface area contributed by atoms with Gasteiger partial charge < -0.3 is 5.32 Å². The molecule has 0 saturated carbocycles. The number of rotatable bonds is 2. The lowest BCUT2D eigenvalue weighted by Gasteiger charge is -2.04. The zero-order valence-corrected chi connectivity index (χ0v) is 10.5. The number of carbonyl (C=O) groups excluding carboxylic acids is 1. The van der Waals surface area contributed by atoms with Gasteiger partial charge in [0.05, 0.1) is 5.69 Å². The molecular weight excluding hydrogens is 297 g/mol. The molecule has 0 aliphatic rings. The van der Waals surface area contributed by atoms with E-state index in [-0.39, 0.29) is 5.69 Å². The minimum Gasteiger partial charge on any atom is -0.318 e. The monoisotopic (exact) mass is 305 g/mol. The Balaban J connectivity index is 2.25. The number of carbonyl (C=O) groups is 1. The summed E-state index contributed by atoms with van der Waals surface area (Å²) in [6.45, 7) is 0. The summed E-state index contributed by atoms with van der Waals surface area (Å²) < 4.78 is 64.2. The third-order valence-electron chi connectivity index (χ3n) is 2.58. The fourth-order valence-corrected chi connectivity index (χ4v) is 1.62. The fourth-order valence-electron chi connectivity index (χ4n) is 1.62. The van der Waals surface area contributed by atoms with E-state index in [2.05, 4.69) is 5.10 Å². The second-order valence-corrected chi connectivity index (χ2v) is 4.11. The first-order valence-electron chi connectivity index (χ1n) is 5.56. The first-order chi connectivity index (χ1) is 9.68. The van der Waals surface area contributed by atoms with Gasteiger partial charge in [0.2, 0.25) is 0 Å². The van der Waals surface area contributed by atoms with E-state index >= 15 is 0 Å². The van der Waals surface area contributed by atoms with Crippen LogP contribution < -0.4 is 5.32 Å². The van der Waals surface area contributed by atoms with E-state index in [0.29, 0.717) is 16.8 Å². The molecule has 0 saturated heterocycles. The topological polar surface area (TPSA) is 46.9 Å². The summed E-state index contributed by atoms with van der Waals surface area (Å²) in [6, 6.07) is 2.93. The molecule has 9 heteroatoms. The van der Waals surface area contributed by atoms with Crippen molar-refractivity contribution >= 4 is 11.6 Å². The van der Waals surface area contributed by atoms with Crippen molar-refractivity contribution in [1.29, 1.82) is 0 Å². The van der Waals surface area contributed by atoms with Crippen molar-refractivity contribution in [3.63, 3.8) is 0 Å². The minimum atomic E-state index is -4.67. The van der Waals surface area contributed by atoms with Crippen molar-refractivity contribution in [2.24, 2.45) is 7.05 Å². The fraction of sp³-hybridized carbons (Fsp3) is 0.167. The van der Waals surface area contributed by atoms with Gasteiger partial charge in [-0.1, -0.05) is 0 Å². The van der Waals surface area contributed by atoms with Gasteiger partial charge in [-0.2, -0.15) is 18.3 Å². The Morgan fingerprint density at radius 3 is 2.43 bits per heavy atom. The maximum atomic E-state index is 13.3. The predicted octanol–water partition coefficient (Wildman–Crippen LogP) is 2.97. The number of benzene rings is 1. The van der Waals surface area contributed by atoms with Crippen LogP contribution in [0, 0.1) is 11.6 Å². The van der Waals surface area contributed by atoms with Crippen LogP contribution in [0.4, 0.5) is 27.6 Å². The van der Waals surface area contributed by atoms with Gasteiger partial charge in [0.25, 0.3) is 5.91 Å². The molecule has 1 aromatic carbocycles. The van der Waals surface area contributed by atoms with Gasteiger partial charge in [-0.3, -0.25) is 9.48 Å². The van der Waals surface area contributed by atoms with Gasteiger partial charge in [-0.05, 0) is 12.1 Å². The molecule has 1 amide bonds. The molecule has 0 spiro atoms. The van der Waals surface area contributed by atoms with E-state index in [0.717, 1.165) is 19.2 Å². The highest BCUT2D eigenvalue weighted by atomic mass is 19.4. The number of hydrogen-bond donors (Lipinski definition) is 1. The lowest BCUT2D eigenvalue weighted by atomic mass is 10.2. The summed E-state index contributed by atoms with van der Waals surface area (Å²) in [6.07, 6.45) is -4.67. The van der Waals surface area contributed by atoms with Crippen LogP contribution in [-0.4, -0.2) is 15.7 Å². The number of amides is 1. The summed E-state index contributed by atoms with van der Waals surface area (Å²) in [5.74, 6) is -2.93. The molecule has 112 valence electrons. The van der Waals surface area contributed by atoms with Gasteiger partial charge in [-0.15, -0.1) is 0 Å². The number of alkyl halides is 3. The Bertz CT molecular complexity index is 693. The first-order valence-corrected chi connectivity index (χ1v) is 5.56. The van der Waals surface area contributed by atoms with Gasteiger partial charge >= 0.3 is 6.18 Å². The minimum absolute atomic E-state index is 0.361. The molecule has 21 heavy (non-hydrogen) atoms. The number of aryl methyl sites for hydroxylation is 1. The maximum absolute atomic E-state index is 13.3. The summed E-state index contributed by atoms with van der Waals surface area (Å²) in [7, 11) is 1.03. The van der Waals surface area contributed by atoms with E-state index < -0.39 is 35.1 Å². The smallest absolute Gasteiger partial charge is 0.318 e. The molecule has 4 nitrogen and oxygen atoms in total. The van der Waals surface area contributed by atoms with Crippen molar-refractivity contribution in [2.45, 2.75) is 6.18 Å².